The molecule has 0 saturated carbocycles. The van der Waals surface area contributed by atoms with Crippen molar-refractivity contribution in [1.29, 1.82) is 0 Å². The van der Waals surface area contributed by atoms with Crippen LogP contribution < -0.4 is 15.5 Å². The molecule has 0 bridgehead atoms. The molecule has 0 aliphatic carbocycles. The zero-order valence-corrected chi connectivity index (χ0v) is 21.5. The molecule has 4 aromatic rings. The summed E-state index contributed by atoms with van der Waals surface area (Å²) in [5.74, 6) is 0.502. The van der Waals surface area contributed by atoms with Crippen molar-refractivity contribution >= 4 is 38.2 Å². The molecule has 2 N–H and O–H groups in total. The fourth-order valence-electron chi connectivity index (χ4n) is 4.55. The van der Waals surface area contributed by atoms with E-state index in [1.54, 1.807) is 19.3 Å². The topological polar surface area (TPSA) is 105 Å². The van der Waals surface area contributed by atoms with E-state index in [0.717, 1.165) is 41.9 Å². The summed E-state index contributed by atoms with van der Waals surface area (Å²) < 4.78 is 26.3. The van der Waals surface area contributed by atoms with Crippen molar-refractivity contribution in [3.8, 4) is 0 Å². The number of fused-ring (bicyclic) bond motifs is 1. The van der Waals surface area contributed by atoms with Crippen LogP contribution >= 0.6 is 0 Å². The van der Waals surface area contributed by atoms with E-state index in [1.165, 1.54) is 11.9 Å². The predicted molar refractivity (Wildman–Crippen MR) is 144 cm³/mol. The van der Waals surface area contributed by atoms with Gasteiger partial charge in [-0.05, 0) is 55.8 Å². The quantitative estimate of drug-likeness (QED) is 0.393. The maximum Gasteiger partial charge on any atom is 0.229 e. The Kier molecular flexibility index (Phi) is 6.63. The third-order valence-corrected chi connectivity index (χ3v) is 8.16. The molecule has 2 atom stereocenters. The molecule has 3 aromatic heterocycles. The Balaban J connectivity index is 1.36. The third kappa shape index (κ3) is 5.19. The summed E-state index contributed by atoms with van der Waals surface area (Å²) in [6, 6.07) is 14.5. The number of hydrogen-bond acceptors (Lipinski definition) is 8. The van der Waals surface area contributed by atoms with Gasteiger partial charge in [0.15, 0.2) is 9.84 Å². The molecule has 9 nitrogen and oxygen atoms in total. The summed E-state index contributed by atoms with van der Waals surface area (Å²) in [7, 11) is -3.27. The number of nitrogens with zero attached hydrogens (tertiary/aromatic N) is 5. The standard InChI is InChI=1S/C26H31N7O2S/c1-18-16-32(14-12-27-18)23-8-6-22(7-9-23)30-26-29-15-20-10-13-33(25(20)31-26)17-21-5-4-11-28-24(21)19(2)36(3,34)35/h4-11,13,15,18-19,27H,12,14,16-17H2,1-3H3,(H,29,30,31)/t18-,19?/m0/s1. The maximum absolute atomic E-state index is 12.2. The first kappa shape index (κ1) is 24.2. The summed E-state index contributed by atoms with van der Waals surface area (Å²) in [4.78, 5) is 16.0. The first-order valence-corrected chi connectivity index (χ1v) is 14.0. The van der Waals surface area contributed by atoms with Crippen molar-refractivity contribution in [3.05, 3.63) is 72.3 Å². The molecule has 1 aliphatic heterocycles. The van der Waals surface area contributed by atoms with Crippen LogP contribution in [0.1, 0.15) is 30.4 Å². The van der Waals surface area contributed by atoms with Crippen LogP contribution in [0.3, 0.4) is 0 Å². The monoisotopic (exact) mass is 505 g/mol. The first-order valence-electron chi connectivity index (χ1n) is 12.1. The summed E-state index contributed by atoms with van der Waals surface area (Å²) in [5.41, 5.74) is 4.29. The number of piperazine rings is 1. The maximum atomic E-state index is 12.2. The van der Waals surface area contributed by atoms with Crippen LogP contribution in [0.15, 0.2) is 61.1 Å². The molecule has 1 aromatic carbocycles. The molecule has 1 unspecified atom stereocenters. The van der Waals surface area contributed by atoms with Crippen LogP contribution in [0.5, 0.6) is 0 Å². The highest BCUT2D eigenvalue weighted by atomic mass is 32.2. The van der Waals surface area contributed by atoms with E-state index in [4.69, 9.17) is 4.98 Å². The highest BCUT2D eigenvalue weighted by Gasteiger charge is 2.22. The number of nitrogens with one attached hydrogen (secondary N) is 2. The highest BCUT2D eigenvalue weighted by molar-refractivity contribution is 7.90. The molecule has 0 spiro atoms. The van der Waals surface area contributed by atoms with E-state index in [-0.39, 0.29) is 0 Å². The van der Waals surface area contributed by atoms with Crippen molar-refractivity contribution in [2.24, 2.45) is 0 Å². The number of pyridine rings is 1. The average Bonchev–Trinajstić information content (AvgIpc) is 3.26. The molecular formula is C26H31N7O2S. The number of aromatic nitrogens is 4. The van der Waals surface area contributed by atoms with Gasteiger partial charge in [0.1, 0.15) is 10.9 Å². The minimum Gasteiger partial charge on any atom is -0.369 e. The van der Waals surface area contributed by atoms with Crippen LogP contribution in [0, 0.1) is 0 Å². The third-order valence-electron chi connectivity index (χ3n) is 6.65. The number of anilines is 3. The summed E-state index contributed by atoms with van der Waals surface area (Å²) in [5, 5.41) is 7.00. The van der Waals surface area contributed by atoms with Crippen molar-refractivity contribution in [3.63, 3.8) is 0 Å². The summed E-state index contributed by atoms with van der Waals surface area (Å²) in [6.07, 6.45) is 6.60. The lowest BCUT2D eigenvalue weighted by atomic mass is 10.1. The van der Waals surface area contributed by atoms with Crippen LogP contribution in [-0.4, -0.2) is 59.9 Å². The minimum atomic E-state index is -3.27. The highest BCUT2D eigenvalue weighted by Crippen LogP contribution is 2.25. The lowest BCUT2D eigenvalue weighted by Gasteiger charge is -2.33. The van der Waals surface area contributed by atoms with Gasteiger partial charge in [-0.3, -0.25) is 4.98 Å². The second kappa shape index (κ2) is 9.87. The van der Waals surface area contributed by atoms with Crippen molar-refractivity contribution in [2.45, 2.75) is 31.7 Å². The normalized spacial score (nSPS) is 17.3. The van der Waals surface area contributed by atoms with Gasteiger partial charge in [0.05, 0.1) is 12.2 Å². The van der Waals surface area contributed by atoms with E-state index in [1.807, 2.05) is 41.1 Å². The molecule has 1 saturated heterocycles. The van der Waals surface area contributed by atoms with Gasteiger partial charge in [0.25, 0.3) is 0 Å². The molecule has 0 amide bonds. The van der Waals surface area contributed by atoms with E-state index >= 15 is 0 Å². The number of benzene rings is 1. The second-order valence-electron chi connectivity index (χ2n) is 9.41. The first-order chi connectivity index (χ1) is 17.3. The van der Waals surface area contributed by atoms with Gasteiger partial charge in [0, 0.05) is 67.3 Å². The fourth-order valence-corrected chi connectivity index (χ4v) is 5.16. The van der Waals surface area contributed by atoms with Gasteiger partial charge >= 0.3 is 0 Å². The number of sulfone groups is 1. The van der Waals surface area contributed by atoms with Crippen molar-refractivity contribution in [2.75, 3.05) is 36.1 Å². The minimum absolute atomic E-state index is 0.459. The van der Waals surface area contributed by atoms with Gasteiger partial charge in [-0.25, -0.2) is 13.4 Å². The number of hydrogen-bond donors (Lipinski definition) is 2. The molecule has 10 heteroatoms. The Bertz CT molecular complexity index is 1470. The molecule has 36 heavy (non-hydrogen) atoms. The Morgan fingerprint density at radius 1 is 1.17 bits per heavy atom. The van der Waals surface area contributed by atoms with Crippen molar-refractivity contribution < 1.29 is 8.42 Å². The van der Waals surface area contributed by atoms with Crippen LogP contribution in [0.25, 0.3) is 11.0 Å². The largest absolute Gasteiger partial charge is 0.369 e. The summed E-state index contributed by atoms with van der Waals surface area (Å²) in [6.45, 7) is 7.31. The zero-order chi connectivity index (χ0) is 25.3. The summed E-state index contributed by atoms with van der Waals surface area (Å²) >= 11 is 0. The van der Waals surface area contributed by atoms with Gasteiger partial charge in [-0.1, -0.05) is 6.07 Å². The SMILES string of the molecule is CC(c1ncccc1Cn1ccc2cnc(Nc3ccc(N4CCN[C@@H](C)C4)cc3)nc21)S(C)(=O)=O. The molecule has 4 heterocycles. The Morgan fingerprint density at radius 2 is 1.97 bits per heavy atom. The molecule has 0 radical (unpaired) electrons. The molecule has 188 valence electrons. The van der Waals surface area contributed by atoms with Crippen molar-refractivity contribution in [1.82, 2.24) is 24.8 Å². The fraction of sp³-hybridized carbons (Fsp3) is 0.346. The van der Waals surface area contributed by atoms with E-state index in [9.17, 15) is 8.42 Å². The lowest BCUT2D eigenvalue weighted by Crippen LogP contribution is -2.49. The average molecular weight is 506 g/mol. The predicted octanol–water partition coefficient (Wildman–Crippen LogP) is 3.52. The van der Waals surface area contributed by atoms with Crippen LogP contribution in [0.4, 0.5) is 17.3 Å². The molecular weight excluding hydrogens is 474 g/mol. The molecule has 5 rings (SSSR count). The lowest BCUT2D eigenvalue weighted by molar-refractivity contribution is 0.485. The Morgan fingerprint density at radius 3 is 2.72 bits per heavy atom. The number of rotatable bonds is 7. The van der Waals surface area contributed by atoms with Gasteiger partial charge in [-0.15, -0.1) is 0 Å². The van der Waals surface area contributed by atoms with E-state index in [2.05, 4.69) is 44.6 Å². The smallest absolute Gasteiger partial charge is 0.229 e. The molecule has 1 aliphatic rings. The van der Waals surface area contributed by atoms with Gasteiger partial charge in [0.2, 0.25) is 5.95 Å². The Hall–Kier alpha value is -3.50. The van der Waals surface area contributed by atoms with Crippen LogP contribution in [-0.2, 0) is 16.4 Å². The molecule has 1 fully saturated rings. The zero-order valence-electron chi connectivity index (χ0n) is 20.7. The van der Waals surface area contributed by atoms with Gasteiger partial charge in [-0.2, -0.15) is 4.98 Å². The second-order valence-corrected chi connectivity index (χ2v) is 11.8. The van der Waals surface area contributed by atoms with Crippen LogP contribution in [0.2, 0.25) is 0 Å². The van der Waals surface area contributed by atoms with E-state index < -0.39 is 15.1 Å². The van der Waals surface area contributed by atoms with Gasteiger partial charge < -0.3 is 20.1 Å². The Labute approximate surface area is 211 Å². The van der Waals surface area contributed by atoms with E-state index in [0.29, 0.717) is 24.2 Å².